The lowest BCUT2D eigenvalue weighted by atomic mass is 10.0. The Kier molecular flexibility index (Phi) is 4.64. The highest BCUT2D eigenvalue weighted by Crippen LogP contribution is 2.30. The third kappa shape index (κ3) is 3.56. The minimum absolute atomic E-state index is 0.305. The molecule has 0 saturated heterocycles. The van der Waals surface area contributed by atoms with Gasteiger partial charge in [0.15, 0.2) is 0 Å². The second-order valence-electron chi connectivity index (χ2n) is 5.30. The molecule has 0 aliphatic rings. The monoisotopic (exact) mass is 336 g/mol. The van der Waals surface area contributed by atoms with Crippen LogP contribution in [-0.4, -0.2) is 18.9 Å². The summed E-state index contributed by atoms with van der Waals surface area (Å²) in [6.07, 6.45) is -4.43. The lowest BCUT2D eigenvalue weighted by molar-refractivity contribution is -0.137. The summed E-state index contributed by atoms with van der Waals surface area (Å²) in [6.45, 7) is 1.65. The van der Waals surface area contributed by atoms with Gasteiger partial charge in [-0.15, -0.1) is 0 Å². The number of carbonyl (C=O) groups excluding carboxylic acids is 2. The van der Waals surface area contributed by atoms with Gasteiger partial charge in [0.1, 0.15) is 0 Å². The molecule has 0 unspecified atom stereocenters. The fourth-order valence-electron chi connectivity index (χ4n) is 2.26. The van der Waals surface area contributed by atoms with E-state index in [2.05, 4.69) is 0 Å². The molecule has 0 spiro atoms. The molecule has 0 radical (unpaired) electrons. The van der Waals surface area contributed by atoms with Crippen molar-refractivity contribution in [3.05, 3.63) is 64.7 Å². The van der Waals surface area contributed by atoms with E-state index in [4.69, 9.17) is 5.73 Å². The molecule has 2 rings (SSSR count). The van der Waals surface area contributed by atoms with Gasteiger partial charge in [-0.3, -0.25) is 9.59 Å². The summed E-state index contributed by atoms with van der Waals surface area (Å²) in [7, 11) is 1.46. The van der Waals surface area contributed by atoms with Gasteiger partial charge in [-0.25, -0.2) is 0 Å². The number of rotatable bonds is 3. The minimum Gasteiger partial charge on any atom is -0.366 e. The highest BCUT2D eigenvalue weighted by molar-refractivity contribution is 6.06. The maximum Gasteiger partial charge on any atom is 0.416 e. The van der Waals surface area contributed by atoms with Gasteiger partial charge in [-0.1, -0.05) is 0 Å². The van der Waals surface area contributed by atoms with Crippen LogP contribution < -0.4 is 10.6 Å². The van der Waals surface area contributed by atoms with E-state index < -0.39 is 23.6 Å². The third-order valence-corrected chi connectivity index (χ3v) is 3.63. The van der Waals surface area contributed by atoms with Gasteiger partial charge in [0.25, 0.3) is 5.91 Å². The first kappa shape index (κ1) is 17.5. The van der Waals surface area contributed by atoms with Crippen LogP contribution in [0.1, 0.15) is 31.8 Å². The zero-order valence-corrected chi connectivity index (χ0v) is 13.0. The van der Waals surface area contributed by atoms with Gasteiger partial charge in [-0.2, -0.15) is 13.2 Å². The number of hydrogen-bond donors (Lipinski definition) is 1. The molecule has 0 bridgehead atoms. The number of anilines is 1. The minimum atomic E-state index is -4.43. The smallest absolute Gasteiger partial charge is 0.366 e. The van der Waals surface area contributed by atoms with Crippen LogP contribution in [-0.2, 0) is 6.18 Å². The summed E-state index contributed by atoms with van der Waals surface area (Å²) in [5, 5.41) is 0. The zero-order chi connectivity index (χ0) is 18.1. The van der Waals surface area contributed by atoms with Crippen LogP contribution in [0.3, 0.4) is 0 Å². The molecule has 2 amide bonds. The fourth-order valence-corrected chi connectivity index (χ4v) is 2.26. The van der Waals surface area contributed by atoms with Crippen molar-refractivity contribution in [3.63, 3.8) is 0 Å². The van der Waals surface area contributed by atoms with Crippen molar-refractivity contribution in [1.29, 1.82) is 0 Å². The van der Waals surface area contributed by atoms with Crippen LogP contribution in [0.15, 0.2) is 42.5 Å². The van der Waals surface area contributed by atoms with E-state index in [0.717, 1.165) is 12.1 Å². The summed E-state index contributed by atoms with van der Waals surface area (Å²) in [4.78, 5) is 24.9. The summed E-state index contributed by atoms with van der Waals surface area (Å²) in [5.41, 5.74) is 5.92. The first-order valence-electron chi connectivity index (χ1n) is 6.97. The lowest BCUT2D eigenvalue weighted by Crippen LogP contribution is -2.26. The number of halogens is 3. The molecule has 2 aromatic rings. The molecule has 0 atom stereocenters. The summed E-state index contributed by atoms with van der Waals surface area (Å²) >= 11 is 0. The largest absolute Gasteiger partial charge is 0.416 e. The van der Waals surface area contributed by atoms with E-state index in [9.17, 15) is 22.8 Å². The van der Waals surface area contributed by atoms with Crippen LogP contribution in [0.2, 0.25) is 0 Å². The molecule has 4 nitrogen and oxygen atoms in total. The summed E-state index contributed by atoms with van der Waals surface area (Å²) in [6, 6.07) is 8.71. The van der Waals surface area contributed by atoms with E-state index in [1.807, 2.05) is 0 Å². The number of carbonyl (C=O) groups is 2. The zero-order valence-electron chi connectivity index (χ0n) is 13.0. The Morgan fingerprint density at radius 3 is 2.08 bits per heavy atom. The average Bonchev–Trinajstić information content (AvgIpc) is 2.52. The maximum absolute atomic E-state index is 12.6. The summed E-state index contributed by atoms with van der Waals surface area (Å²) < 4.78 is 37.7. The number of hydrogen-bond acceptors (Lipinski definition) is 2. The quantitative estimate of drug-likeness (QED) is 0.934. The van der Waals surface area contributed by atoms with Gasteiger partial charge in [-0.05, 0) is 55.0 Å². The molecule has 126 valence electrons. The Morgan fingerprint density at radius 1 is 1.04 bits per heavy atom. The highest BCUT2D eigenvalue weighted by Gasteiger charge is 2.30. The Morgan fingerprint density at radius 2 is 1.62 bits per heavy atom. The molecule has 0 aliphatic carbocycles. The second-order valence-corrected chi connectivity index (χ2v) is 5.30. The van der Waals surface area contributed by atoms with Crippen LogP contribution in [0, 0.1) is 6.92 Å². The van der Waals surface area contributed by atoms with Gasteiger partial charge in [0.05, 0.1) is 5.56 Å². The van der Waals surface area contributed by atoms with Crippen LogP contribution in [0.25, 0.3) is 0 Å². The van der Waals surface area contributed by atoms with Gasteiger partial charge >= 0.3 is 6.18 Å². The maximum atomic E-state index is 12.6. The molecular formula is C17H15F3N2O2. The third-order valence-electron chi connectivity index (χ3n) is 3.63. The Labute approximate surface area is 136 Å². The lowest BCUT2D eigenvalue weighted by Gasteiger charge is -2.19. The van der Waals surface area contributed by atoms with Crippen LogP contribution >= 0.6 is 0 Å². The molecule has 2 N–H and O–H groups in total. The second kappa shape index (κ2) is 6.35. The van der Waals surface area contributed by atoms with Crippen molar-refractivity contribution < 1.29 is 22.8 Å². The van der Waals surface area contributed by atoms with E-state index in [0.29, 0.717) is 22.4 Å². The molecule has 0 heterocycles. The van der Waals surface area contributed by atoms with Crippen molar-refractivity contribution in [2.45, 2.75) is 13.1 Å². The van der Waals surface area contributed by atoms with Gasteiger partial charge < -0.3 is 10.6 Å². The first-order valence-corrected chi connectivity index (χ1v) is 6.97. The van der Waals surface area contributed by atoms with Gasteiger partial charge in [0.2, 0.25) is 5.91 Å². The first-order chi connectivity index (χ1) is 11.1. The fraction of sp³-hybridized carbons (Fsp3) is 0.176. The topological polar surface area (TPSA) is 63.4 Å². The van der Waals surface area contributed by atoms with E-state index in [1.54, 1.807) is 6.92 Å². The molecule has 0 aromatic heterocycles. The number of nitrogens with two attached hydrogens (primary N) is 1. The Bertz CT molecular complexity index is 783. The predicted octanol–water partition coefficient (Wildman–Crippen LogP) is 3.39. The molecule has 2 aromatic carbocycles. The molecule has 0 fully saturated rings. The Hall–Kier alpha value is -2.83. The van der Waals surface area contributed by atoms with E-state index in [1.165, 1.54) is 42.3 Å². The standard InChI is InChI=1S/C17H15F3N2O2/c1-10-9-11(3-8-14(10)15(21)23)16(24)22(2)13-6-4-12(5-7-13)17(18,19)20/h3-9H,1-2H3,(H2,21,23). The van der Waals surface area contributed by atoms with Crippen molar-refractivity contribution >= 4 is 17.5 Å². The van der Waals surface area contributed by atoms with Crippen molar-refractivity contribution in [3.8, 4) is 0 Å². The van der Waals surface area contributed by atoms with Crippen LogP contribution in [0.4, 0.5) is 18.9 Å². The Balaban J connectivity index is 2.26. The average molecular weight is 336 g/mol. The summed E-state index contributed by atoms with van der Waals surface area (Å²) in [5.74, 6) is -1.00. The molecule has 0 saturated carbocycles. The number of aryl methyl sites for hydroxylation is 1. The predicted molar refractivity (Wildman–Crippen MR) is 83.9 cm³/mol. The SMILES string of the molecule is Cc1cc(C(=O)N(C)c2ccc(C(F)(F)F)cc2)ccc1C(N)=O. The van der Waals surface area contributed by atoms with Crippen molar-refractivity contribution in [1.82, 2.24) is 0 Å². The van der Waals surface area contributed by atoms with E-state index >= 15 is 0 Å². The van der Waals surface area contributed by atoms with Crippen LogP contribution in [0.5, 0.6) is 0 Å². The van der Waals surface area contributed by atoms with Gasteiger partial charge in [0, 0.05) is 23.9 Å². The number of amides is 2. The molecule has 7 heteroatoms. The van der Waals surface area contributed by atoms with E-state index in [-0.39, 0.29) is 0 Å². The normalized spacial score (nSPS) is 11.2. The van der Waals surface area contributed by atoms with Crippen molar-refractivity contribution in [2.24, 2.45) is 5.73 Å². The molecule has 24 heavy (non-hydrogen) atoms. The molecule has 0 aliphatic heterocycles. The molecular weight excluding hydrogens is 321 g/mol. The van der Waals surface area contributed by atoms with Crippen molar-refractivity contribution in [2.75, 3.05) is 11.9 Å². The number of nitrogens with zero attached hydrogens (tertiary/aromatic N) is 1. The highest BCUT2D eigenvalue weighted by atomic mass is 19.4. The number of benzene rings is 2. The number of primary amides is 1. The number of alkyl halides is 3.